The Morgan fingerprint density at radius 3 is 3.05 bits per heavy atom. The van der Waals surface area contributed by atoms with Crippen LogP contribution in [0.1, 0.15) is 42.1 Å². The Bertz CT molecular complexity index is 503. The van der Waals surface area contributed by atoms with E-state index in [2.05, 4.69) is 11.4 Å². The quantitative estimate of drug-likeness (QED) is 0.749. The van der Waals surface area contributed by atoms with E-state index < -0.39 is 0 Å². The maximum absolute atomic E-state index is 11.9. The summed E-state index contributed by atoms with van der Waals surface area (Å²) in [6, 6.07) is 9.15. The molecule has 20 heavy (non-hydrogen) atoms. The number of benzene rings is 1. The van der Waals surface area contributed by atoms with E-state index >= 15 is 0 Å². The molecular formula is C16H20N2O2. The number of aliphatic hydroxyl groups excluding tert-OH is 1. The Balaban J connectivity index is 2.61. The lowest BCUT2D eigenvalue weighted by Crippen LogP contribution is -2.34. The number of rotatable bonds is 7. The molecule has 4 nitrogen and oxygen atoms in total. The summed E-state index contributed by atoms with van der Waals surface area (Å²) in [5, 5.41) is 20.1. The maximum atomic E-state index is 11.9. The smallest absolute Gasteiger partial charge is 0.251 e. The summed E-state index contributed by atoms with van der Waals surface area (Å²) in [7, 11) is 0. The highest BCUT2D eigenvalue weighted by Gasteiger charge is 2.08. The normalized spacial score (nSPS) is 12.1. The van der Waals surface area contributed by atoms with Crippen LogP contribution >= 0.6 is 0 Å². The van der Waals surface area contributed by atoms with E-state index in [0.29, 0.717) is 12.0 Å². The molecule has 1 unspecified atom stereocenters. The van der Waals surface area contributed by atoms with Gasteiger partial charge in [-0.1, -0.05) is 24.3 Å². The molecule has 1 aromatic carbocycles. The van der Waals surface area contributed by atoms with Crippen LogP contribution in [0, 0.1) is 11.3 Å². The SMILES string of the molecule is CC(CO)NC(=O)c1cccc(/C=C/CCCC#N)c1. The number of nitrogens with one attached hydrogen (secondary N) is 1. The summed E-state index contributed by atoms with van der Waals surface area (Å²) in [5.41, 5.74) is 1.52. The van der Waals surface area contributed by atoms with Crippen LogP contribution in [0.4, 0.5) is 0 Å². The van der Waals surface area contributed by atoms with Gasteiger partial charge < -0.3 is 10.4 Å². The molecule has 0 fully saturated rings. The molecular weight excluding hydrogens is 252 g/mol. The lowest BCUT2D eigenvalue weighted by atomic mass is 10.1. The molecule has 0 saturated carbocycles. The molecule has 1 atom stereocenters. The number of amides is 1. The first kappa shape index (κ1) is 15.9. The van der Waals surface area contributed by atoms with E-state index in [1.807, 2.05) is 24.3 Å². The standard InChI is InChI=1S/C16H20N2O2/c1-13(12-19)18-16(20)15-9-6-8-14(11-15)7-4-2-3-5-10-17/h4,6-9,11,13,19H,2-3,5,12H2,1H3,(H,18,20)/b7-4+. The van der Waals surface area contributed by atoms with Crippen molar-refractivity contribution in [2.45, 2.75) is 32.2 Å². The number of aliphatic hydroxyl groups is 1. The fourth-order valence-corrected chi connectivity index (χ4v) is 1.65. The minimum Gasteiger partial charge on any atom is -0.394 e. The number of hydrogen-bond donors (Lipinski definition) is 2. The van der Waals surface area contributed by atoms with E-state index in [0.717, 1.165) is 18.4 Å². The number of carbonyl (C=O) groups is 1. The van der Waals surface area contributed by atoms with Crippen LogP contribution in [0.3, 0.4) is 0 Å². The van der Waals surface area contributed by atoms with Crippen molar-refractivity contribution in [1.29, 1.82) is 5.26 Å². The minimum atomic E-state index is -0.257. The molecule has 1 amide bonds. The van der Waals surface area contributed by atoms with Gasteiger partial charge in [0.1, 0.15) is 0 Å². The summed E-state index contributed by atoms with van der Waals surface area (Å²) >= 11 is 0. The second-order valence-corrected chi connectivity index (χ2v) is 4.64. The lowest BCUT2D eigenvalue weighted by molar-refractivity contribution is 0.0922. The molecule has 0 aliphatic rings. The molecule has 0 bridgehead atoms. The highest BCUT2D eigenvalue weighted by Crippen LogP contribution is 2.09. The molecule has 0 aliphatic heterocycles. The fraction of sp³-hybridized carbons (Fsp3) is 0.375. The molecule has 2 N–H and O–H groups in total. The number of nitriles is 1. The Labute approximate surface area is 119 Å². The molecule has 1 aromatic rings. The number of hydrogen-bond acceptors (Lipinski definition) is 3. The van der Waals surface area contributed by atoms with Crippen molar-refractivity contribution >= 4 is 12.0 Å². The predicted molar refractivity (Wildman–Crippen MR) is 79.0 cm³/mol. The Morgan fingerprint density at radius 1 is 1.55 bits per heavy atom. The first-order valence-electron chi connectivity index (χ1n) is 6.72. The molecule has 0 heterocycles. The molecule has 0 aromatic heterocycles. The van der Waals surface area contributed by atoms with Crippen molar-refractivity contribution in [2.24, 2.45) is 0 Å². The minimum absolute atomic E-state index is 0.0791. The number of nitrogens with zero attached hydrogens (tertiary/aromatic N) is 1. The van der Waals surface area contributed by atoms with Gasteiger partial charge in [0.25, 0.3) is 5.91 Å². The summed E-state index contributed by atoms with van der Waals surface area (Å²) in [4.78, 5) is 11.9. The maximum Gasteiger partial charge on any atom is 0.251 e. The highest BCUT2D eigenvalue weighted by atomic mass is 16.3. The Morgan fingerprint density at radius 2 is 2.35 bits per heavy atom. The van der Waals surface area contributed by atoms with Gasteiger partial charge in [-0.05, 0) is 37.5 Å². The van der Waals surface area contributed by atoms with Crippen molar-refractivity contribution in [1.82, 2.24) is 5.32 Å². The van der Waals surface area contributed by atoms with Crippen LogP contribution in [-0.4, -0.2) is 23.7 Å². The molecule has 1 rings (SSSR count). The summed E-state index contributed by atoms with van der Waals surface area (Å²) in [6.45, 7) is 1.67. The average Bonchev–Trinajstić information content (AvgIpc) is 2.47. The highest BCUT2D eigenvalue weighted by molar-refractivity contribution is 5.94. The third-order valence-electron chi connectivity index (χ3n) is 2.77. The second kappa shape index (κ2) is 8.89. The van der Waals surface area contributed by atoms with Gasteiger partial charge in [-0.3, -0.25) is 4.79 Å². The first-order chi connectivity index (χ1) is 9.67. The molecule has 0 radical (unpaired) electrons. The van der Waals surface area contributed by atoms with Crippen LogP contribution in [0.15, 0.2) is 30.3 Å². The predicted octanol–water partition coefficient (Wildman–Crippen LogP) is 2.50. The van der Waals surface area contributed by atoms with Crippen LogP contribution in [0.2, 0.25) is 0 Å². The summed E-state index contributed by atoms with van der Waals surface area (Å²) < 4.78 is 0. The Hall–Kier alpha value is -2.12. The number of unbranched alkanes of at least 4 members (excludes halogenated alkanes) is 2. The van der Waals surface area contributed by atoms with E-state index in [4.69, 9.17) is 10.4 Å². The zero-order valence-electron chi connectivity index (χ0n) is 11.7. The molecule has 0 spiro atoms. The fourth-order valence-electron chi connectivity index (χ4n) is 1.65. The summed E-state index contributed by atoms with van der Waals surface area (Å²) in [5.74, 6) is -0.189. The van der Waals surface area contributed by atoms with Crippen molar-refractivity contribution in [3.05, 3.63) is 41.5 Å². The van der Waals surface area contributed by atoms with Crippen molar-refractivity contribution in [3.8, 4) is 6.07 Å². The van der Waals surface area contributed by atoms with Gasteiger partial charge in [-0.15, -0.1) is 0 Å². The van der Waals surface area contributed by atoms with Gasteiger partial charge in [0.2, 0.25) is 0 Å². The second-order valence-electron chi connectivity index (χ2n) is 4.64. The number of carbonyl (C=O) groups excluding carboxylic acids is 1. The van der Waals surface area contributed by atoms with Crippen molar-refractivity contribution in [3.63, 3.8) is 0 Å². The van der Waals surface area contributed by atoms with Crippen molar-refractivity contribution in [2.75, 3.05) is 6.61 Å². The molecule has 4 heteroatoms. The first-order valence-corrected chi connectivity index (χ1v) is 6.72. The van der Waals surface area contributed by atoms with Crippen molar-refractivity contribution < 1.29 is 9.90 Å². The van der Waals surface area contributed by atoms with Gasteiger partial charge in [0, 0.05) is 18.0 Å². The molecule has 0 aliphatic carbocycles. The molecule has 106 valence electrons. The third kappa shape index (κ3) is 5.68. The van der Waals surface area contributed by atoms with E-state index in [-0.39, 0.29) is 18.6 Å². The zero-order valence-corrected chi connectivity index (χ0v) is 11.7. The van der Waals surface area contributed by atoms with Gasteiger partial charge in [0.05, 0.1) is 12.7 Å². The number of allylic oxidation sites excluding steroid dienone is 1. The zero-order chi connectivity index (χ0) is 14.8. The third-order valence-corrected chi connectivity index (χ3v) is 2.77. The molecule has 0 saturated heterocycles. The van der Waals surface area contributed by atoms with Crippen LogP contribution in [-0.2, 0) is 0 Å². The van der Waals surface area contributed by atoms with Gasteiger partial charge in [-0.2, -0.15) is 5.26 Å². The van der Waals surface area contributed by atoms with Gasteiger partial charge in [0.15, 0.2) is 0 Å². The average molecular weight is 272 g/mol. The topological polar surface area (TPSA) is 73.1 Å². The van der Waals surface area contributed by atoms with Gasteiger partial charge >= 0.3 is 0 Å². The van der Waals surface area contributed by atoms with E-state index in [1.54, 1.807) is 19.1 Å². The van der Waals surface area contributed by atoms with Crippen LogP contribution in [0.25, 0.3) is 6.08 Å². The van der Waals surface area contributed by atoms with E-state index in [9.17, 15) is 4.79 Å². The largest absolute Gasteiger partial charge is 0.394 e. The van der Waals surface area contributed by atoms with E-state index in [1.165, 1.54) is 0 Å². The summed E-state index contributed by atoms with van der Waals surface area (Å²) in [6.07, 6.45) is 6.22. The van der Waals surface area contributed by atoms with Crippen LogP contribution < -0.4 is 5.32 Å². The monoisotopic (exact) mass is 272 g/mol. The van der Waals surface area contributed by atoms with Gasteiger partial charge in [-0.25, -0.2) is 0 Å². The lowest BCUT2D eigenvalue weighted by Gasteiger charge is -2.10. The Kier molecular flexibility index (Phi) is 7.08. The van der Waals surface area contributed by atoms with Crippen LogP contribution in [0.5, 0.6) is 0 Å².